The van der Waals surface area contributed by atoms with E-state index in [1.165, 1.54) is 6.20 Å². The van der Waals surface area contributed by atoms with Gasteiger partial charge in [0.2, 0.25) is 0 Å². The molecule has 6 heteroatoms. The fourth-order valence-electron chi connectivity index (χ4n) is 0.845. The maximum absolute atomic E-state index is 10.4. The van der Waals surface area contributed by atoms with Gasteiger partial charge < -0.3 is 0 Å². The first-order valence-corrected chi connectivity index (χ1v) is 5.52. The molecule has 0 bridgehead atoms. The lowest BCUT2D eigenvalue weighted by Crippen LogP contribution is -2.06. The van der Waals surface area contributed by atoms with Crippen molar-refractivity contribution in [3.05, 3.63) is 29.0 Å². The molecular formula is C7H8ClNO3S. The number of pyridine rings is 1. The van der Waals surface area contributed by atoms with Crippen LogP contribution >= 0.6 is 11.6 Å². The second-order valence-corrected chi connectivity index (χ2v) is 4.48. The van der Waals surface area contributed by atoms with Gasteiger partial charge in [0, 0.05) is 6.20 Å². The van der Waals surface area contributed by atoms with Gasteiger partial charge in [0.1, 0.15) is 5.15 Å². The van der Waals surface area contributed by atoms with Crippen LogP contribution < -0.4 is 0 Å². The Bertz CT molecular complexity index is 390. The molecule has 0 saturated carbocycles. The van der Waals surface area contributed by atoms with E-state index in [4.69, 9.17) is 16.2 Å². The van der Waals surface area contributed by atoms with Crippen molar-refractivity contribution in [2.45, 2.75) is 6.42 Å². The molecule has 0 spiro atoms. The third-order valence-corrected chi connectivity index (χ3v) is 2.37. The van der Waals surface area contributed by atoms with Gasteiger partial charge in [-0.1, -0.05) is 11.6 Å². The third-order valence-electron chi connectivity index (χ3n) is 1.44. The highest BCUT2D eigenvalue weighted by atomic mass is 35.5. The van der Waals surface area contributed by atoms with Crippen LogP contribution in [0.25, 0.3) is 0 Å². The number of nitrogens with zero attached hydrogens (tertiary/aromatic N) is 1. The highest BCUT2D eigenvalue weighted by molar-refractivity contribution is 7.85. The van der Waals surface area contributed by atoms with E-state index in [2.05, 4.69) is 4.98 Å². The second-order valence-electron chi connectivity index (χ2n) is 2.52. The summed E-state index contributed by atoms with van der Waals surface area (Å²) in [7, 11) is -3.90. The minimum absolute atomic E-state index is 0.237. The standard InChI is InChI=1S/C7H8ClNO3S/c8-7-5-6(1-3-9-7)2-4-13(10,11)12/h1,3,5H,2,4H2,(H,10,11,12). The summed E-state index contributed by atoms with van der Waals surface area (Å²) >= 11 is 5.57. The molecule has 0 unspecified atom stereocenters. The van der Waals surface area contributed by atoms with Gasteiger partial charge in [0.25, 0.3) is 10.1 Å². The van der Waals surface area contributed by atoms with E-state index in [1.807, 2.05) is 0 Å². The number of halogens is 1. The summed E-state index contributed by atoms with van der Waals surface area (Å²) in [6.45, 7) is 0. The first-order chi connectivity index (χ1) is 5.97. The molecule has 0 aliphatic rings. The monoisotopic (exact) mass is 221 g/mol. The SMILES string of the molecule is O=S(=O)(O)CCc1ccnc(Cl)c1. The predicted octanol–water partition coefficient (Wildman–Crippen LogP) is 1.17. The van der Waals surface area contributed by atoms with Gasteiger partial charge in [-0.25, -0.2) is 4.98 Å². The average molecular weight is 222 g/mol. The van der Waals surface area contributed by atoms with Gasteiger partial charge in [0.15, 0.2) is 0 Å². The topological polar surface area (TPSA) is 67.3 Å². The molecular weight excluding hydrogens is 214 g/mol. The van der Waals surface area contributed by atoms with E-state index in [0.717, 1.165) is 5.56 Å². The minimum atomic E-state index is -3.90. The molecule has 0 aromatic carbocycles. The molecule has 0 aliphatic heterocycles. The molecule has 4 nitrogen and oxygen atoms in total. The number of hydrogen-bond donors (Lipinski definition) is 1. The number of rotatable bonds is 3. The van der Waals surface area contributed by atoms with E-state index in [9.17, 15) is 8.42 Å². The Morgan fingerprint density at radius 2 is 2.23 bits per heavy atom. The lowest BCUT2D eigenvalue weighted by molar-refractivity contribution is 0.482. The molecule has 13 heavy (non-hydrogen) atoms. The summed E-state index contributed by atoms with van der Waals surface area (Å²) in [6.07, 6.45) is 1.72. The summed E-state index contributed by atoms with van der Waals surface area (Å²) in [6, 6.07) is 3.21. The zero-order valence-corrected chi connectivity index (χ0v) is 8.22. The van der Waals surface area contributed by atoms with Gasteiger partial charge in [-0.15, -0.1) is 0 Å². The first kappa shape index (κ1) is 10.4. The molecule has 0 amide bonds. The Hall–Kier alpha value is -0.650. The van der Waals surface area contributed by atoms with Crippen LogP contribution in [0.3, 0.4) is 0 Å². The van der Waals surface area contributed by atoms with Crippen molar-refractivity contribution >= 4 is 21.7 Å². The van der Waals surface area contributed by atoms with Crippen molar-refractivity contribution in [2.24, 2.45) is 0 Å². The second kappa shape index (κ2) is 4.04. The molecule has 0 radical (unpaired) electrons. The van der Waals surface area contributed by atoms with Crippen LogP contribution in [0.15, 0.2) is 18.3 Å². The van der Waals surface area contributed by atoms with Gasteiger partial charge in [-0.3, -0.25) is 4.55 Å². The zero-order chi connectivity index (χ0) is 9.90. The van der Waals surface area contributed by atoms with Crippen LogP contribution in [0.1, 0.15) is 5.56 Å². The fourth-order valence-corrected chi connectivity index (χ4v) is 1.54. The quantitative estimate of drug-likeness (QED) is 0.615. The predicted molar refractivity (Wildman–Crippen MR) is 49.4 cm³/mol. The molecule has 0 atom stereocenters. The Morgan fingerprint density at radius 1 is 1.54 bits per heavy atom. The zero-order valence-electron chi connectivity index (χ0n) is 6.64. The lowest BCUT2D eigenvalue weighted by atomic mass is 10.2. The summed E-state index contributed by atoms with van der Waals surface area (Å²) < 4.78 is 29.3. The third kappa shape index (κ3) is 4.21. The van der Waals surface area contributed by atoms with Crippen molar-refractivity contribution in [1.82, 2.24) is 4.98 Å². The van der Waals surface area contributed by atoms with Crippen LogP contribution in [0.2, 0.25) is 5.15 Å². The number of aryl methyl sites for hydroxylation is 1. The van der Waals surface area contributed by atoms with Crippen molar-refractivity contribution in [1.29, 1.82) is 0 Å². The molecule has 1 heterocycles. The van der Waals surface area contributed by atoms with Gasteiger partial charge in [-0.2, -0.15) is 8.42 Å². The van der Waals surface area contributed by atoms with E-state index < -0.39 is 10.1 Å². The van der Waals surface area contributed by atoms with Gasteiger partial charge in [0.05, 0.1) is 5.75 Å². The minimum Gasteiger partial charge on any atom is -0.286 e. The molecule has 1 rings (SSSR count). The highest BCUT2D eigenvalue weighted by Gasteiger charge is 2.04. The van der Waals surface area contributed by atoms with E-state index in [1.54, 1.807) is 12.1 Å². The van der Waals surface area contributed by atoms with E-state index in [-0.39, 0.29) is 12.2 Å². The summed E-state index contributed by atoms with van der Waals surface area (Å²) in [5.74, 6) is -0.298. The van der Waals surface area contributed by atoms with Gasteiger partial charge >= 0.3 is 0 Å². The van der Waals surface area contributed by atoms with Crippen LogP contribution in [0.4, 0.5) is 0 Å². The molecule has 1 N–H and O–H groups in total. The van der Waals surface area contributed by atoms with Crippen molar-refractivity contribution in [2.75, 3.05) is 5.75 Å². The molecule has 1 aromatic heterocycles. The lowest BCUT2D eigenvalue weighted by Gasteiger charge is -1.98. The van der Waals surface area contributed by atoms with Crippen molar-refractivity contribution in [3.63, 3.8) is 0 Å². The largest absolute Gasteiger partial charge is 0.286 e. The molecule has 0 aliphatic carbocycles. The summed E-state index contributed by atoms with van der Waals surface area (Å²) in [4.78, 5) is 3.74. The molecule has 72 valence electrons. The average Bonchev–Trinajstić information content (AvgIpc) is 2.00. The molecule has 1 aromatic rings. The molecule has 0 fully saturated rings. The van der Waals surface area contributed by atoms with Crippen molar-refractivity contribution in [3.8, 4) is 0 Å². The maximum Gasteiger partial charge on any atom is 0.265 e. The van der Waals surface area contributed by atoms with Crippen LogP contribution in [-0.2, 0) is 16.5 Å². The van der Waals surface area contributed by atoms with E-state index >= 15 is 0 Å². The Morgan fingerprint density at radius 3 is 2.77 bits per heavy atom. The number of aromatic nitrogens is 1. The highest BCUT2D eigenvalue weighted by Crippen LogP contribution is 2.07. The maximum atomic E-state index is 10.4. The van der Waals surface area contributed by atoms with Crippen LogP contribution in [0.5, 0.6) is 0 Å². The Labute approximate surface area is 81.3 Å². The summed E-state index contributed by atoms with van der Waals surface area (Å²) in [5, 5.41) is 0.313. The Kier molecular flexibility index (Phi) is 3.24. The van der Waals surface area contributed by atoms with E-state index in [0.29, 0.717) is 5.15 Å². The normalized spacial score (nSPS) is 11.5. The van der Waals surface area contributed by atoms with Crippen LogP contribution in [0, 0.1) is 0 Å². The number of hydrogen-bond acceptors (Lipinski definition) is 3. The smallest absolute Gasteiger partial charge is 0.265 e. The first-order valence-electron chi connectivity index (χ1n) is 3.53. The summed E-state index contributed by atoms with van der Waals surface area (Å²) in [5.41, 5.74) is 0.734. The van der Waals surface area contributed by atoms with Crippen molar-refractivity contribution < 1.29 is 13.0 Å². The Balaban J connectivity index is 2.65. The molecule has 0 saturated heterocycles. The van der Waals surface area contributed by atoms with Gasteiger partial charge in [-0.05, 0) is 24.1 Å². The van der Waals surface area contributed by atoms with Crippen LogP contribution in [-0.4, -0.2) is 23.7 Å². The fraction of sp³-hybridized carbons (Fsp3) is 0.286.